The molecule has 1 aromatic carbocycles. The van der Waals surface area contributed by atoms with Gasteiger partial charge in [-0.25, -0.2) is 13.6 Å². The molecular formula is C18H23ClF2N2O3. The largest absolute Gasteiger partial charge is 0.444 e. The SMILES string of the molecule is CC(C)(C)OC(=O)N1CCC(N(Cc2ccc(F)cc2F)C(=O)Cl)CC1. The third-order valence-electron chi connectivity index (χ3n) is 4.14. The number of piperidine rings is 1. The number of hydrogen-bond acceptors (Lipinski definition) is 3. The Morgan fingerprint density at radius 2 is 1.88 bits per heavy atom. The number of carbonyl (C=O) groups excluding carboxylic acids is 2. The van der Waals surface area contributed by atoms with Crippen LogP contribution < -0.4 is 0 Å². The molecule has 1 heterocycles. The van der Waals surface area contributed by atoms with E-state index >= 15 is 0 Å². The molecule has 26 heavy (non-hydrogen) atoms. The van der Waals surface area contributed by atoms with Gasteiger partial charge in [-0.3, -0.25) is 4.79 Å². The predicted molar refractivity (Wildman–Crippen MR) is 94.0 cm³/mol. The van der Waals surface area contributed by atoms with Crippen molar-refractivity contribution in [1.82, 2.24) is 9.80 Å². The van der Waals surface area contributed by atoms with Gasteiger partial charge in [-0.1, -0.05) is 6.07 Å². The molecule has 144 valence electrons. The molecule has 0 saturated carbocycles. The first-order chi connectivity index (χ1) is 12.1. The number of halogens is 3. The van der Waals surface area contributed by atoms with Crippen molar-refractivity contribution in [2.45, 2.75) is 51.8 Å². The Hall–Kier alpha value is -1.89. The molecule has 1 aliphatic heterocycles. The van der Waals surface area contributed by atoms with Crippen molar-refractivity contribution in [2.24, 2.45) is 0 Å². The molecule has 0 aliphatic carbocycles. The van der Waals surface area contributed by atoms with Crippen LogP contribution in [0.1, 0.15) is 39.2 Å². The summed E-state index contributed by atoms with van der Waals surface area (Å²) in [5.41, 5.74) is -0.387. The third kappa shape index (κ3) is 5.56. The molecular weight excluding hydrogens is 366 g/mol. The topological polar surface area (TPSA) is 49.9 Å². The van der Waals surface area contributed by atoms with Crippen LogP contribution in [0.25, 0.3) is 0 Å². The molecule has 0 unspecified atom stereocenters. The second-order valence-electron chi connectivity index (χ2n) is 7.32. The van der Waals surface area contributed by atoms with Crippen molar-refractivity contribution in [3.8, 4) is 0 Å². The zero-order chi connectivity index (χ0) is 19.5. The highest BCUT2D eigenvalue weighted by molar-refractivity contribution is 6.62. The highest BCUT2D eigenvalue weighted by atomic mass is 35.5. The molecule has 1 aromatic rings. The second kappa shape index (κ2) is 8.20. The van der Waals surface area contributed by atoms with E-state index in [0.717, 1.165) is 12.1 Å². The number of rotatable bonds is 3. The molecule has 0 aromatic heterocycles. The molecule has 8 heteroatoms. The Kier molecular flexibility index (Phi) is 6.44. The fourth-order valence-electron chi connectivity index (χ4n) is 2.85. The summed E-state index contributed by atoms with van der Waals surface area (Å²) in [6.45, 7) is 6.15. The van der Waals surface area contributed by atoms with Gasteiger partial charge in [-0.2, -0.15) is 0 Å². The Morgan fingerprint density at radius 1 is 1.27 bits per heavy atom. The number of benzene rings is 1. The van der Waals surface area contributed by atoms with Crippen LogP contribution in [0.5, 0.6) is 0 Å². The quantitative estimate of drug-likeness (QED) is 0.564. The van der Waals surface area contributed by atoms with Gasteiger partial charge >= 0.3 is 11.5 Å². The molecule has 5 nitrogen and oxygen atoms in total. The van der Waals surface area contributed by atoms with Crippen molar-refractivity contribution in [3.05, 3.63) is 35.4 Å². The summed E-state index contributed by atoms with van der Waals surface area (Å²) in [5.74, 6) is -1.40. The van der Waals surface area contributed by atoms with Crippen LogP contribution in [-0.4, -0.2) is 46.0 Å². The first-order valence-corrected chi connectivity index (χ1v) is 8.82. The van der Waals surface area contributed by atoms with E-state index in [1.165, 1.54) is 11.0 Å². The van der Waals surface area contributed by atoms with Gasteiger partial charge in [0.2, 0.25) is 0 Å². The molecule has 0 atom stereocenters. The lowest BCUT2D eigenvalue weighted by Gasteiger charge is -2.38. The van der Waals surface area contributed by atoms with Crippen LogP contribution >= 0.6 is 11.6 Å². The van der Waals surface area contributed by atoms with Crippen LogP contribution in [0.15, 0.2) is 18.2 Å². The highest BCUT2D eigenvalue weighted by Crippen LogP contribution is 2.23. The Bertz CT molecular complexity index is 671. The van der Waals surface area contributed by atoms with Gasteiger partial charge in [-0.05, 0) is 51.3 Å². The molecule has 1 aliphatic rings. The standard InChI is InChI=1S/C18H23ClF2N2O3/c1-18(2,3)26-17(25)22-8-6-14(7-9-22)23(16(19)24)11-12-4-5-13(20)10-15(12)21/h4-5,10,14H,6-9,11H2,1-3H3. The average Bonchev–Trinajstić information content (AvgIpc) is 2.52. The Balaban J connectivity index is 2.00. The minimum atomic E-state index is -0.723. The van der Waals surface area contributed by atoms with Gasteiger partial charge in [0, 0.05) is 30.8 Å². The summed E-state index contributed by atoms with van der Waals surface area (Å²) >= 11 is 5.68. The van der Waals surface area contributed by atoms with Gasteiger partial charge in [0.1, 0.15) is 17.2 Å². The zero-order valence-corrected chi connectivity index (χ0v) is 15.9. The molecule has 2 amide bonds. The smallest absolute Gasteiger partial charge is 0.410 e. The number of amides is 2. The van der Waals surface area contributed by atoms with E-state index in [-0.39, 0.29) is 18.2 Å². The normalized spacial score (nSPS) is 15.7. The predicted octanol–water partition coefficient (Wildman–Crippen LogP) is 4.53. The lowest BCUT2D eigenvalue weighted by molar-refractivity contribution is 0.0165. The van der Waals surface area contributed by atoms with E-state index in [0.29, 0.717) is 25.9 Å². The monoisotopic (exact) mass is 388 g/mol. The molecule has 0 spiro atoms. The van der Waals surface area contributed by atoms with Crippen LogP contribution in [0.2, 0.25) is 0 Å². The number of hydrogen-bond donors (Lipinski definition) is 0. The zero-order valence-electron chi connectivity index (χ0n) is 15.1. The van der Waals surface area contributed by atoms with Crippen molar-refractivity contribution in [1.29, 1.82) is 0 Å². The van der Waals surface area contributed by atoms with E-state index in [1.807, 2.05) is 0 Å². The fourth-order valence-corrected chi connectivity index (χ4v) is 3.05. The summed E-state index contributed by atoms with van der Waals surface area (Å²) in [4.78, 5) is 26.9. The molecule has 0 radical (unpaired) electrons. The van der Waals surface area contributed by atoms with Gasteiger partial charge in [0.05, 0.1) is 6.54 Å². The Morgan fingerprint density at radius 3 is 2.38 bits per heavy atom. The minimum absolute atomic E-state index is 0.0500. The average molecular weight is 389 g/mol. The fraction of sp³-hybridized carbons (Fsp3) is 0.556. The molecule has 2 rings (SSSR count). The van der Waals surface area contributed by atoms with Crippen molar-refractivity contribution < 1.29 is 23.1 Å². The van der Waals surface area contributed by atoms with Crippen molar-refractivity contribution >= 4 is 23.1 Å². The number of likely N-dealkylation sites (tertiary alicyclic amines) is 1. The minimum Gasteiger partial charge on any atom is -0.444 e. The third-order valence-corrected chi connectivity index (χ3v) is 4.36. The summed E-state index contributed by atoms with van der Waals surface area (Å²) in [6, 6.07) is 2.98. The van der Waals surface area contributed by atoms with Gasteiger partial charge in [0.25, 0.3) is 0 Å². The maximum Gasteiger partial charge on any atom is 0.410 e. The number of carbonyl (C=O) groups is 2. The number of nitrogens with zero attached hydrogens (tertiary/aromatic N) is 2. The van der Waals surface area contributed by atoms with Crippen LogP contribution in [0, 0.1) is 11.6 Å². The molecule has 0 N–H and O–H groups in total. The maximum absolute atomic E-state index is 13.9. The lowest BCUT2D eigenvalue weighted by Crippen LogP contribution is -2.48. The lowest BCUT2D eigenvalue weighted by atomic mass is 10.0. The first kappa shape index (κ1) is 20.4. The molecule has 0 bridgehead atoms. The molecule has 1 saturated heterocycles. The summed E-state index contributed by atoms with van der Waals surface area (Å²) in [5, 5.41) is -0.704. The highest BCUT2D eigenvalue weighted by Gasteiger charge is 2.31. The van der Waals surface area contributed by atoms with Crippen molar-refractivity contribution in [3.63, 3.8) is 0 Å². The summed E-state index contributed by atoms with van der Waals surface area (Å²) < 4.78 is 32.3. The second-order valence-corrected chi connectivity index (χ2v) is 7.64. The summed E-state index contributed by atoms with van der Waals surface area (Å²) in [6.07, 6.45) is 0.602. The van der Waals surface area contributed by atoms with Gasteiger partial charge in [-0.15, -0.1) is 0 Å². The van der Waals surface area contributed by atoms with E-state index < -0.39 is 28.7 Å². The Labute approximate surface area is 156 Å². The maximum atomic E-state index is 13.9. The molecule has 1 fully saturated rings. The van der Waals surface area contributed by atoms with E-state index in [9.17, 15) is 18.4 Å². The van der Waals surface area contributed by atoms with E-state index in [1.54, 1.807) is 25.7 Å². The number of ether oxygens (including phenoxy) is 1. The van der Waals surface area contributed by atoms with Gasteiger partial charge in [0.15, 0.2) is 0 Å². The van der Waals surface area contributed by atoms with Crippen LogP contribution in [0.4, 0.5) is 18.4 Å². The van der Waals surface area contributed by atoms with E-state index in [2.05, 4.69) is 0 Å². The van der Waals surface area contributed by atoms with Crippen LogP contribution in [-0.2, 0) is 11.3 Å². The van der Waals surface area contributed by atoms with E-state index in [4.69, 9.17) is 16.3 Å². The first-order valence-electron chi connectivity index (χ1n) is 8.45. The summed E-state index contributed by atoms with van der Waals surface area (Å²) in [7, 11) is 0. The van der Waals surface area contributed by atoms with Crippen molar-refractivity contribution in [2.75, 3.05) is 13.1 Å². The van der Waals surface area contributed by atoms with Gasteiger partial charge < -0.3 is 14.5 Å². The van der Waals surface area contributed by atoms with Crippen LogP contribution in [0.3, 0.4) is 0 Å².